The first-order valence-corrected chi connectivity index (χ1v) is 15.3. The first-order valence-electron chi connectivity index (χ1n) is 15.3. The van der Waals surface area contributed by atoms with Crippen molar-refractivity contribution in [3.8, 4) is 0 Å². The van der Waals surface area contributed by atoms with Crippen molar-refractivity contribution in [2.45, 2.75) is 44.7 Å². The molecule has 242 valence electrons. The molecule has 8 N–H and O–H groups in total. The fourth-order valence-electron chi connectivity index (χ4n) is 4.99. The average molecular weight is 612 g/mol. The fraction of sp³-hybridized carbons (Fsp3) is 0.567. The lowest BCUT2D eigenvalue weighted by molar-refractivity contribution is -0.129. The maximum atomic E-state index is 12.8. The number of rotatable bonds is 17. The van der Waals surface area contributed by atoms with E-state index in [1.165, 1.54) is 0 Å². The van der Waals surface area contributed by atoms with Gasteiger partial charge < -0.3 is 37.6 Å². The third-order valence-electron chi connectivity index (χ3n) is 7.61. The number of nitrogens with zero attached hydrogens (tertiary/aromatic N) is 6. The van der Waals surface area contributed by atoms with E-state index in [4.69, 9.17) is 17.2 Å². The molecule has 44 heavy (non-hydrogen) atoms. The summed E-state index contributed by atoms with van der Waals surface area (Å²) in [7, 11) is 3.54. The summed E-state index contributed by atoms with van der Waals surface area (Å²) in [4.78, 5) is 51.6. The first kappa shape index (κ1) is 34.5. The molecule has 2 heterocycles. The predicted molar refractivity (Wildman–Crippen MR) is 175 cm³/mol. The third-order valence-corrected chi connectivity index (χ3v) is 7.61. The Morgan fingerprint density at radius 1 is 1.02 bits per heavy atom. The van der Waals surface area contributed by atoms with E-state index in [1.54, 1.807) is 48.0 Å². The molecule has 0 saturated carbocycles. The molecule has 1 aliphatic heterocycles. The molecule has 1 atom stereocenters. The van der Waals surface area contributed by atoms with Gasteiger partial charge in [0.25, 0.3) is 5.91 Å². The number of aryl methyl sites for hydroxylation is 1. The Bertz CT molecular complexity index is 1270. The molecule has 1 aliphatic rings. The summed E-state index contributed by atoms with van der Waals surface area (Å²) in [5, 5.41) is 6.26. The van der Waals surface area contributed by atoms with Gasteiger partial charge in [-0.25, -0.2) is 4.79 Å². The van der Waals surface area contributed by atoms with E-state index in [0.29, 0.717) is 31.7 Å². The number of hydrogen-bond acceptors (Lipinski definition) is 9. The van der Waals surface area contributed by atoms with Crippen LogP contribution in [0, 0.1) is 0 Å². The van der Waals surface area contributed by atoms with Gasteiger partial charge in [0.15, 0.2) is 5.96 Å². The molecule has 0 aliphatic carbocycles. The van der Waals surface area contributed by atoms with Gasteiger partial charge >= 0.3 is 5.69 Å². The highest BCUT2D eigenvalue weighted by Crippen LogP contribution is 2.18. The van der Waals surface area contributed by atoms with Crippen LogP contribution >= 0.6 is 0 Å². The van der Waals surface area contributed by atoms with Crippen molar-refractivity contribution in [2.75, 3.05) is 76.7 Å². The van der Waals surface area contributed by atoms with Gasteiger partial charge in [-0.05, 0) is 75.5 Å². The van der Waals surface area contributed by atoms with Crippen LogP contribution < -0.4 is 38.4 Å². The maximum Gasteiger partial charge on any atom is 0.349 e. The third kappa shape index (κ3) is 11.6. The van der Waals surface area contributed by atoms with Gasteiger partial charge in [-0.15, -0.1) is 0 Å². The largest absolute Gasteiger partial charge is 0.370 e. The molecule has 1 saturated heterocycles. The standard InChI is InChI=1S/C30H49N11O3/c1-38(2)27(42)22-39-18-20-40(21-19-39)25-10-8-23(9-11-25)28(43)36-26-12-17-41(30(44)37-26)16-4-7-24(34-15-5-13-31)6-3-14-35-29(32)33/h8-12,17,24,34H,3-7,13-16,18-22,31H2,1-2H3,(H4,32,33,35)(H,36,37,43,44)/t24-/m0/s1. The van der Waals surface area contributed by atoms with Gasteiger partial charge in [-0.1, -0.05) is 0 Å². The SMILES string of the molecule is CN(C)C(=O)CN1CCN(c2ccc(C(=O)Nc3ccn(CCC[C@H](CCCN=C(N)N)NCCCN)c(=O)n3)cc2)CC1. The zero-order chi connectivity index (χ0) is 31.9. The van der Waals surface area contributed by atoms with Gasteiger partial charge in [-0.2, -0.15) is 4.98 Å². The minimum atomic E-state index is -0.412. The Morgan fingerprint density at radius 3 is 2.36 bits per heavy atom. The van der Waals surface area contributed by atoms with Crippen molar-refractivity contribution in [1.82, 2.24) is 24.7 Å². The second-order valence-electron chi connectivity index (χ2n) is 11.2. The van der Waals surface area contributed by atoms with Crippen LogP contribution in [0.3, 0.4) is 0 Å². The molecule has 1 fully saturated rings. The van der Waals surface area contributed by atoms with Crippen molar-refractivity contribution < 1.29 is 9.59 Å². The topological polar surface area (TPSA) is 193 Å². The van der Waals surface area contributed by atoms with Crippen molar-refractivity contribution in [3.05, 3.63) is 52.6 Å². The number of benzene rings is 1. The average Bonchev–Trinajstić information content (AvgIpc) is 3.00. The molecule has 1 aromatic heterocycles. The molecular formula is C30H49N11O3. The zero-order valence-corrected chi connectivity index (χ0v) is 26.1. The van der Waals surface area contributed by atoms with Crippen LogP contribution in [-0.2, 0) is 11.3 Å². The Kier molecular flexibility index (Phi) is 14.1. The Hall–Kier alpha value is -4.01. The van der Waals surface area contributed by atoms with Crippen molar-refractivity contribution in [2.24, 2.45) is 22.2 Å². The molecule has 1 aromatic carbocycles. The van der Waals surface area contributed by atoms with E-state index in [9.17, 15) is 14.4 Å². The number of hydrogen-bond donors (Lipinski definition) is 5. The Morgan fingerprint density at radius 2 is 1.73 bits per heavy atom. The second kappa shape index (κ2) is 18.0. The van der Waals surface area contributed by atoms with E-state index in [-0.39, 0.29) is 29.6 Å². The normalized spacial score (nSPS) is 14.2. The Balaban J connectivity index is 1.47. The molecule has 0 bridgehead atoms. The molecule has 2 aromatic rings. The fourth-order valence-corrected chi connectivity index (χ4v) is 4.99. The summed E-state index contributed by atoms with van der Waals surface area (Å²) in [5.41, 5.74) is 17.5. The quantitative estimate of drug-likeness (QED) is 0.0912. The minimum Gasteiger partial charge on any atom is -0.370 e. The van der Waals surface area contributed by atoms with Gasteiger partial charge in [0.05, 0.1) is 6.54 Å². The highest BCUT2D eigenvalue weighted by molar-refractivity contribution is 6.03. The predicted octanol–water partition coefficient (Wildman–Crippen LogP) is -0.153. The van der Waals surface area contributed by atoms with Crippen molar-refractivity contribution >= 4 is 29.3 Å². The number of carbonyl (C=O) groups is 2. The van der Waals surface area contributed by atoms with Crippen LogP contribution in [0.4, 0.5) is 11.5 Å². The molecule has 3 rings (SSSR count). The summed E-state index contributed by atoms with van der Waals surface area (Å²) in [5.74, 6) is 0.0776. The number of nitrogens with two attached hydrogens (primary N) is 3. The van der Waals surface area contributed by atoms with Gasteiger partial charge in [0, 0.05) is 76.9 Å². The minimum absolute atomic E-state index is 0.0965. The molecule has 14 heteroatoms. The van der Waals surface area contributed by atoms with Crippen LogP contribution in [0.2, 0.25) is 0 Å². The van der Waals surface area contributed by atoms with Crippen molar-refractivity contribution in [1.29, 1.82) is 0 Å². The van der Waals surface area contributed by atoms with Crippen molar-refractivity contribution in [3.63, 3.8) is 0 Å². The molecule has 0 spiro atoms. The maximum absolute atomic E-state index is 12.8. The lowest BCUT2D eigenvalue weighted by Crippen LogP contribution is -2.49. The number of likely N-dealkylation sites (N-methyl/N-ethyl adjacent to an activating group) is 1. The molecule has 14 nitrogen and oxygen atoms in total. The molecule has 0 radical (unpaired) electrons. The summed E-state index contributed by atoms with van der Waals surface area (Å²) in [6.07, 6.45) is 5.98. The van der Waals surface area contributed by atoms with Crippen LogP contribution in [0.5, 0.6) is 0 Å². The Labute approximate surface area is 259 Å². The van der Waals surface area contributed by atoms with Gasteiger partial charge in [0.2, 0.25) is 5.91 Å². The summed E-state index contributed by atoms with van der Waals surface area (Å²) >= 11 is 0. The summed E-state index contributed by atoms with van der Waals surface area (Å²) < 4.78 is 1.55. The second-order valence-corrected chi connectivity index (χ2v) is 11.2. The van der Waals surface area contributed by atoms with Crippen LogP contribution in [0.1, 0.15) is 42.5 Å². The number of piperazine rings is 1. The lowest BCUT2D eigenvalue weighted by atomic mass is 10.1. The number of amides is 2. The number of guanidine groups is 1. The van der Waals surface area contributed by atoms with Crippen LogP contribution in [0.15, 0.2) is 46.3 Å². The van der Waals surface area contributed by atoms with Gasteiger partial charge in [0.1, 0.15) is 5.82 Å². The van der Waals surface area contributed by atoms with Crippen LogP contribution in [-0.4, -0.2) is 110 Å². The van der Waals surface area contributed by atoms with Gasteiger partial charge in [-0.3, -0.25) is 24.0 Å². The first-order chi connectivity index (χ1) is 21.2. The summed E-state index contributed by atoms with van der Waals surface area (Å²) in [6.45, 7) is 6.19. The van der Waals surface area contributed by atoms with E-state index >= 15 is 0 Å². The highest BCUT2D eigenvalue weighted by Gasteiger charge is 2.20. The number of carbonyl (C=O) groups excluding carboxylic acids is 2. The van der Waals surface area contributed by atoms with E-state index in [1.807, 2.05) is 12.1 Å². The number of anilines is 2. The van der Waals surface area contributed by atoms with E-state index in [0.717, 1.165) is 70.5 Å². The zero-order valence-electron chi connectivity index (χ0n) is 26.1. The molecular weight excluding hydrogens is 562 g/mol. The lowest BCUT2D eigenvalue weighted by Gasteiger charge is -2.36. The van der Waals surface area contributed by atoms with E-state index < -0.39 is 5.69 Å². The molecule has 2 amide bonds. The number of aliphatic imine (C=N–C) groups is 1. The summed E-state index contributed by atoms with van der Waals surface area (Å²) in [6, 6.07) is 9.28. The number of nitrogens with one attached hydrogen (secondary N) is 2. The smallest absolute Gasteiger partial charge is 0.349 e. The van der Waals surface area contributed by atoms with E-state index in [2.05, 4.69) is 30.4 Å². The number of aromatic nitrogens is 2. The van der Waals surface area contributed by atoms with Crippen LogP contribution in [0.25, 0.3) is 0 Å². The molecule has 0 unspecified atom stereocenters. The monoisotopic (exact) mass is 611 g/mol. The highest BCUT2D eigenvalue weighted by atomic mass is 16.2.